The zero-order valence-electron chi connectivity index (χ0n) is 12.8. The summed E-state index contributed by atoms with van der Waals surface area (Å²) in [5.41, 5.74) is 2.57. The van der Waals surface area contributed by atoms with Crippen molar-refractivity contribution in [1.29, 1.82) is 0 Å². The maximum Gasteiger partial charge on any atom is 0.339 e. The van der Waals surface area contributed by atoms with Crippen molar-refractivity contribution in [2.45, 2.75) is 38.1 Å². The number of hydrogen-bond acceptors (Lipinski definition) is 4. The Morgan fingerprint density at radius 2 is 2.10 bits per heavy atom. The molecule has 0 aromatic carbocycles. The van der Waals surface area contributed by atoms with E-state index in [-0.39, 0.29) is 0 Å². The van der Waals surface area contributed by atoms with Gasteiger partial charge < -0.3 is 14.9 Å². The normalized spacial score (nSPS) is 19.5. The highest BCUT2D eigenvalue weighted by Gasteiger charge is 2.27. The minimum Gasteiger partial charge on any atom is -0.478 e. The van der Waals surface area contributed by atoms with Crippen LogP contribution >= 0.6 is 0 Å². The van der Waals surface area contributed by atoms with Crippen LogP contribution in [-0.4, -0.2) is 54.2 Å². The second kappa shape index (κ2) is 5.64. The second-order valence-corrected chi connectivity index (χ2v) is 6.27. The monoisotopic (exact) mass is 289 g/mol. The summed E-state index contributed by atoms with van der Waals surface area (Å²) in [6, 6.07) is 2.23. The number of aromatic carboxylic acids is 1. The highest BCUT2D eigenvalue weighted by Crippen LogP contribution is 2.29. The fraction of sp³-hybridized carbons (Fsp3) is 0.625. The molecule has 0 unspecified atom stereocenters. The van der Waals surface area contributed by atoms with Crippen molar-refractivity contribution in [3.05, 3.63) is 22.9 Å². The Balaban J connectivity index is 1.91. The molecule has 3 rings (SSSR count). The molecule has 1 fully saturated rings. The summed E-state index contributed by atoms with van der Waals surface area (Å²) in [6.45, 7) is 2.12. The predicted molar refractivity (Wildman–Crippen MR) is 82.1 cm³/mol. The van der Waals surface area contributed by atoms with E-state index < -0.39 is 5.97 Å². The lowest BCUT2D eigenvalue weighted by Gasteiger charge is -2.36. The Morgan fingerprint density at radius 3 is 2.76 bits per heavy atom. The average Bonchev–Trinajstić information content (AvgIpc) is 2.93. The number of aromatic nitrogens is 1. The van der Waals surface area contributed by atoms with Crippen molar-refractivity contribution >= 4 is 11.8 Å². The quantitative estimate of drug-likeness (QED) is 0.919. The third kappa shape index (κ3) is 2.75. The Kier molecular flexibility index (Phi) is 3.85. The van der Waals surface area contributed by atoms with E-state index in [1.54, 1.807) is 0 Å². The summed E-state index contributed by atoms with van der Waals surface area (Å²) in [4.78, 5) is 20.7. The van der Waals surface area contributed by atoms with Crippen molar-refractivity contribution in [2.75, 3.05) is 32.1 Å². The van der Waals surface area contributed by atoms with Crippen LogP contribution in [0.4, 0.5) is 5.82 Å². The number of likely N-dealkylation sites (tertiary alicyclic amines) is 1. The predicted octanol–water partition coefficient (Wildman–Crippen LogP) is 1.80. The number of pyridine rings is 1. The van der Waals surface area contributed by atoms with Crippen molar-refractivity contribution in [3.8, 4) is 0 Å². The van der Waals surface area contributed by atoms with Gasteiger partial charge in [-0.3, -0.25) is 0 Å². The molecule has 0 spiro atoms. The molecule has 5 heteroatoms. The molecule has 0 amide bonds. The van der Waals surface area contributed by atoms with Crippen molar-refractivity contribution in [3.63, 3.8) is 0 Å². The van der Waals surface area contributed by atoms with Crippen molar-refractivity contribution in [1.82, 2.24) is 9.88 Å². The van der Waals surface area contributed by atoms with E-state index >= 15 is 0 Å². The molecule has 1 aromatic heterocycles. The van der Waals surface area contributed by atoms with Gasteiger partial charge in [0.15, 0.2) is 0 Å². The number of anilines is 1. The van der Waals surface area contributed by atoms with Crippen LogP contribution < -0.4 is 4.90 Å². The lowest BCUT2D eigenvalue weighted by Crippen LogP contribution is -2.42. The van der Waals surface area contributed by atoms with Gasteiger partial charge in [-0.2, -0.15) is 0 Å². The van der Waals surface area contributed by atoms with E-state index in [0.717, 1.165) is 56.5 Å². The van der Waals surface area contributed by atoms with Gasteiger partial charge in [-0.15, -0.1) is 0 Å². The number of carboxylic acid groups (broad SMARTS) is 1. The molecule has 5 nitrogen and oxygen atoms in total. The minimum absolute atomic E-state index is 0.358. The first-order valence-corrected chi connectivity index (χ1v) is 7.73. The third-order valence-electron chi connectivity index (χ3n) is 4.83. The Hall–Kier alpha value is -1.62. The van der Waals surface area contributed by atoms with E-state index in [0.29, 0.717) is 17.4 Å². The molecule has 1 N–H and O–H groups in total. The Bertz CT molecular complexity index is 551. The third-order valence-corrected chi connectivity index (χ3v) is 4.83. The fourth-order valence-electron chi connectivity index (χ4n) is 3.44. The number of carbonyl (C=O) groups is 1. The summed E-state index contributed by atoms with van der Waals surface area (Å²) in [7, 11) is 4.12. The van der Waals surface area contributed by atoms with Crippen LogP contribution in [-0.2, 0) is 12.8 Å². The number of fused-ring (bicyclic) bond motifs is 1. The molecule has 0 radical (unpaired) electrons. The van der Waals surface area contributed by atoms with Gasteiger partial charge in [0.2, 0.25) is 0 Å². The van der Waals surface area contributed by atoms with E-state index in [1.807, 2.05) is 13.1 Å². The van der Waals surface area contributed by atoms with E-state index in [9.17, 15) is 9.90 Å². The lowest BCUT2D eigenvalue weighted by molar-refractivity contribution is 0.0697. The summed E-state index contributed by atoms with van der Waals surface area (Å²) >= 11 is 0. The number of hydrogen-bond donors (Lipinski definition) is 1. The highest BCUT2D eigenvalue weighted by molar-refractivity contribution is 5.93. The van der Waals surface area contributed by atoms with Crippen LogP contribution in [0.15, 0.2) is 6.07 Å². The molecule has 114 valence electrons. The van der Waals surface area contributed by atoms with Crippen LogP contribution in [0.2, 0.25) is 0 Å². The summed E-state index contributed by atoms with van der Waals surface area (Å²) in [5, 5.41) is 9.51. The van der Waals surface area contributed by atoms with Crippen LogP contribution in [0.25, 0.3) is 0 Å². The number of aryl methyl sites for hydroxylation is 2. The van der Waals surface area contributed by atoms with Gasteiger partial charge in [0, 0.05) is 18.8 Å². The number of nitrogens with zero attached hydrogens (tertiary/aromatic N) is 3. The second-order valence-electron chi connectivity index (χ2n) is 6.27. The molecule has 1 aliphatic carbocycles. The highest BCUT2D eigenvalue weighted by atomic mass is 16.4. The standard InChI is InChI=1S/C16H23N3O2/c1-18-8-6-12(7-9-18)19(2)15-13(16(20)21)10-11-4-3-5-14(11)17-15/h10,12H,3-9H2,1-2H3,(H,20,21). The number of rotatable bonds is 3. The van der Waals surface area contributed by atoms with Gasteiger partial charge >= 0.3 is 5.97 Å². The molecule has 21 heavy (non-hydrogen) atoms. The molecule has 1 saturated heterocycles. The first kappa shape index (κ1) is 14.3. The Morgan fingerprint density at radius 1 is 1.38 bits per heavy atom. The summed E-state index contributed by atoms with van der Waals surface area (Å²) in [5.74, 6) is -0.218. The molecule has 2 heterocycles. The first-order valence-electron chi connectivity index (χ1n) is 7.73. The maximum atomic E-state index is 11.6. The zero-order chi connectivity index (χ0) is 15.0. The lowest BCUT2D eigenvalue weighted by atomic mass is 10.0. The van der Waals surface area contributed by atoms with E-state index in [4.69, 9.17) is 4.98 Å². The molecule has 0 bridgehead atoms. The van der Waals surface area contributed by atoms with Crippen LogP contribution in [0.3, 0.4) is 0 Å². The maximum absolute atomic E-state index is 11.6. The topological polar surface area (TPSA) is 56.7 Å². The molecule has 0 saturated carbocycles. The largest absolute Gasteiger partial charge is 0.478 e. The molecular formula is C16H23N3O2. The van der Waals surface area contributed by atoms with Crippen LogP contribution in [0, 0.1) is 0 Å². The van der Waals surface area contributed by atoms with Gasteiger partial charge in [-0.25, -0.2) is 9.78 Å². The zero-order valence-corrected chi connectivity index (χ0v) is 12.8. The van der Waals surface area contributed by atoms with Gasteiger partial charge in [0.05, 0.1) is 0 Å². The van der Waals surface area contributed by atoms with Crippen molar-refractivity contribution in [2.24, 2.45) is 0 Å². The van der Waals surface area contributed by atoms with Gasteiger partial charge in [-0.1, -0.05) is 0 Å². The fourth-order valence-corrected chi connectivity index (χ4v) is 3.44. The van der Waals surface area contributed by atoms with Gasteiger partial charge in [0.25, 0.3) is 0 Å². The van der Waals surface area contributed by atoms with E-state index in [1.165, 1.54) is 0 Å². The molecular weight excluding hydrogens is 266 g/mol. The summed E-state index contributed by atoms with van der Waals surface area (Å²) in [6.07, 6.45) is 5.14. The van der Waals surface area contributed by atoms with Gasteiger partial charge in [0.1, 0.15) is 11.4 Å². The number of piperidine rings is 1. The Labute approximate surface area is 125 Å². The number of carboxylic acids is 1. The summed E-state index contributed by atoms with van der Waals surface area (Å²) < 4.78 is 0. The van der Waals surface area contributed by atoms with E-state index in [2.05, 4.69) is 16.8 Å². The first-order chi connectivity index (χ1) is 10.1. The van der Waals surface area contributed by atoms with Crippen molar-refractivity contribution < 1.29 is 9.90 Å². The molecule has 1 aromatic rings. The van der Waals surface area contributed by atoms with Crippen LogP contribution in [0.1, 0.15) is 40.9 Å². The SMILES string of the molecule is CN1CCC(N(C)c2nc3c(cc2C(=O)O)CCC3)CC1. The molecule has 2 aliphatic rings. The smallest absolute Gasteiger partial charge is 0.339 e. The van der Waals surface area contributed by atoms with Crippen LogP contribution in [0.5, 0.6) is 0 Å². The van der Waals surface area contributed by atoms with Gasteiger partial charge in [-0.05, 0) is 63.9 Å². The molecule has 1 aliphatic heterocycles. The average molecular weight is 289 g/mol. The minimum atomic E-state index is -0.869. The molecule has 0 atom stereocenters.